The first-order chi connectivity index (χ1) is 17.7. The summed E-state index contributed by atoms with van der Waals surface area (Å²) in [5.74, 6) is 0.397. The number of aryl methyl sites for hydroxylation is 1. The molecule has 8 nitrogen and oxygen atoms in total. The number of rotatable bonds is 8. The number of alkyl carbamates (subject to hydrolysis) is 1. The van der Waals surface area contributed by atoms with Crippen LogP contribution < -0.4 is 10.6 Å². The van der Waals surface area contributed by atoms with Crippen LogP contribution in [0.4, 0.5) is 4.79 Å². The maximum atomic E-state index is 13.6. The number of hydrogen-bond acceptors (Lipinski definition) is 6. The van der Waals surface area contributed by atoms with Gasteiger partial charge in [0.05, 0.1) is 0 Å². The molecule has 3 aromatic carbocycles. The summed E-state index contributed by atoms with van der Waals surface area (Å²) in [6.07, 6.45) is 0.0573. The van der Waals surface area contributed by atoms with E-state index >= 15 is 0 Å². The number of nitrogens with one attached hydrogen (secondary N) is 2. The van der Waals surface area contributed by atoms with E-state index in [9.17, 15) is 9.59 Å². The minimum atomic E-state index is -0.890. The van der Waals surface area contributed by atoms with Gasteiger partial charge in [0.15, 0.2) is 5.82 Å². The largest absolute Gasteiger partial charge is 0.444 e. The topological polar surface area (TPSA) is 106 Å². The predicted molar refractivity (Wildman–Crippen MR) is 141 cm³/mol. The summed E-state index contributed by atoms with van der Waals surface area (Å²) in [5, 5.41) is 11.8. The maximum absolute atomic E-state index is 13.6. The van der Waals surface area contributed by atoms with Crippen LogP contribution in [0.15, 0.2) is 77.3 Å². The molecule has 192 valence electrons. The molecule has 8 heteroatoms. The third-order valence-electron chi connectivity index (χ3n) is 5.70. The van der Waals surface area contributed by atoms with Crippen molar-refractivity contribution in [2.45, 2.75) is 58.2 Å². The van der Waals surface area contributed by atoms with E-state index in [0.29, 0.717) is 18.1 Å². The molecule has 0 unspecified atom stereocenters. The molecule has 0 fully saturated rings. The molecule has 2 N–H and O–H groups in total. The van der Waals surface area contributed by atoms with E-state index in [0.717, 1.165) is 21.9 Å². The fraction of sp³-hybridized carbons (Fsp3) is 0.310. The molecule has 0 spiro atoms. The van der Waals surface area contributed by atoms with Crippen molar-refractivity contribution in [3.63, 3.8) is 0 Å². The van der Waals surface area contributed by atoms with Crippen molar-refractivity contribution >= 4 is 22.8 Å². The molecule has 0 aliphatic rings. The van der Waals surface area contributed by atoms with Crippen LogP contribution in [-0.2, 0) is 22.4 Å². The average molecular weight is 501 g/mol. The molecule has 0 saturated carbocycles. The lowest BCUT2D eigenvalue weighted by molar-refractivity contribution is -0.124. The maximum Gasteiger partial charge on any atom is 0.408 e. The second-order valence-corrected chi connectivity index (χ2v) is 10.0. The van der Waals surface area contributed by atoms with Gasteiger partial charge in [-0.2, -0.15) is 4.98 Å². The van der Waals surface area contributed by atoms with Crippen molar-refractivity contribution in [2.24, 2.45) is 0 Å². The Hall–Kier alpha value is -4.20. The Balaban J connectivity index is 1.59. The number of nitrogens with zero attached hydrogens (tertiary/aromatic N) is 2. The van der Waals surface area contributed by atoms with Gasteiger partial charge in [-0.05, 0) is 49.6 Å². The van der Waals surface area contributed by atoms with Crippen LogP contribution in [0.1, 0.15) is 49.7 Å². The lowest BCUT2D eigenvalue weighted by atomic mass is 10.0. The molecule has 1 heterocycles. The van der Waals surface area contributed by atoms with E-state index < -0.39 is 23.8 Å². The summed E-state index contributed by atoms with van der Waals surface area (Å²) >= 11 is 0. The standard InChI is InChI=1S/C29H32N4O4/c1-19-30-27(37-33-19)25(17-20-10-6-5-7-11-20)31-26(34)24(32-28(35)36-29(2,3)4)18-21-14-15-22-12-8-9-13-23(22)16-21/h5-16,24-25H,17-18H2,1-4H3,(H,31,34)(H,32,35)/t24-,25-/m1/s1. The number of fused-ring (bicyclic) bond motifs is 1. The normalized spacial score (nSPS) is 13.1. The summed E-state index contributed by atoms with van der Waals surface area (Å²) in [6.45, 7) is 7.05. The molecule has 0 saturated heterocycles. The minimum Gasteiger partial charge on any atom is -0.444 e. The molecular formula is C29H32N4O4. The van der Waals surface area contributed by atoms with Crippen molar-refractivity contribution in [2.75, 3.05) is 0 Å². The van der Waals surface area contributed by atoms with Crippen LogP contribution in [0.3, 0.4) is 0 Å². The molecular weight excluding hydrogens is 468 g/mol. The minimum absolute atomic E-state index is 0.275. The molecule has 0 radical (unpaired) electrons. The molecule has 0 aliphatic heterocycles. The third-order valence-corrected chi connectivity index (χ3v) is 5.70. The molecule has 4 rings (SSSR count). The van der Waals surface area contributed by atoms with E-state index in [4.69, 9.17) is 9.26 Å². The SMILES string of the molecule is Cc1noc([C@@H](Cc2ccccc2)NC(=O)[C@@H](Cc2ccc3ccccc3c2)NC(=O)OC(C)(C)C)n1. The van der Waals surface area contributed by atoms with Gasteiger partial charge >= 0.3 is 6.09 Å². The van der Waals surface area contributed by atoms with Crippen LogP contribution in [0, 0.1) is 6.92 Å². The van der Waals surface area contributed by atoms with Gasteiger partial charge in [0.25, 0.3) is 0 Å². The van der Waals surface area contributed by atoms with Gasteiger partial charge in [-0.3, -0.25) is 4.79 Å². The lowest BCUT2D eigenvalue weighted by Gasteiger charge is -2.25. The highest BCUT2D eigenvalue weighted by molar-refractivity contribution is 5.87. The fourth-order valence-corrected chi connectivity index (χ4v) is 4.04. The Kier molecular flexibility index (Phi) is 7.86. The molecule has 0 aliphatic carbocycles. The lowest BCUT2D eigenvalue weighted by Crippen LogP contribution is -2.50. The van der Waals surface area contributed by atoms with Crippen LogP contribution in [0.25, 0.3) is 10.8 Å². The predicted octanol–water partition coefficient (Wildman–Crippen LogP) is 5.07. The van der Waals surface area contributed by atoms with Crippen molar-refractivity contribution in [1.29, 1.82) is 0 Å². The first-order valence-corrected chi connectivity index (χ1v) is 12.3. The van der Waals surface area contributed by atoms with Crippen LogP contribution in [-0.4, -0.2) is 33.8 Å². The Bertz CT molecular complexity index is 1360. The smallest absolute Gasteiger partial charge is 0.408 e. The van der Waals surface area contributed by atoms with E-state index in [1.54, 1.807) is 27.7 Å². The van der Waals surface area contributed by atoms with E-state index in [1.807, 2.05) is 72.8 Å². The van der Waals surface area contributed by atoms with E-state index in [-0.39, 0.29) is 12.3 Å². The third kappa shape index (κ3) is 7.39. The Morgan fingerprint density at radius 1 is 0.892 bits per heavy atom. The quantitative estimate of drug-likeness (QED) is 0.350. The van der Waals surface area contributed by atoms with Crippen LogP contribution >= 0.6 is 0 Å². The van der Waals surface area contributed by atoms with Crippen molar-refractivity contribution < 1.29 is 18.8 Å². The van der Waals surface area contributed by atoms with Crippen molar-refractivity contribution in [3.8, 4) is 0 Å². The molecule has 1 aromatic heterocycles. The summed E-state index contributed by atoms with van der Waals surface area (Å²) in [6, 6.07) is 22.2. The van der Waals surface area contributed by atoms with Gasteiger partial charge in [0.2, 0.25) is 11.8 Å². The first-order valence-electron chi connectivity index (χ1n) is 12.3. The number of aromatic nitrogens is 2. The van der Waals surface area contributed by atoms with Crippen LogP contribution in [0.5, 0.6) is 0 Å². The van der Waals surface area contributed by atoms with Crippen molar-refractivity contribution in [1.82, 2.24) is 20.8 Å². The zero-order chi connectivity index (χ0) is 26.4. The second-order valence-electron chi connectivity index (χ2n) is 10.0. The van der Waals surface area contributed by atoms with Gasteiger partial charge in [0, 0.05) is 12.8 Å². The van der Waals surface area contributed by atoms with Gasteiger partial charge in [0.1, 0.15) is 17.7 Å². The second kappa shape index (κ2) is 11.2. The zero-order valence-corrected chi connectivity index (χ0v) is 21.5. The Morgan fingerprint density at radius 3 is 2.27 bits per heavy atom. The summed E-state index contributed by atoms with van der Waals surface area (Å²) in [7, 11) is 0. The number of carbonyl (C=O) groups excluding carboxylic acids is 2. The Labute approximate surface area is 216 Å². The van der Waals surface area contributed by atoms with Gasteiger partial charge in [-0.25, -0.2) is 4.79 Å². The molecule has 0 bridgehead atoms. The fourth-order valence-electron chi connectivity index (χ4n) is 4.04. The monoisotopic (exact) mass is 500 g/mol. The van der Waals surface area contributed by atoms with Gasteiger partial charge in [-0.1, -0.05) is 78.0 Å². The average Bonchev–Trinajstić information content (AvgIpc) is 3.29. The zero-order valence-electron chi connectivity index (χ0n) is 21.5. The summed E-state index contributed by atoms with van der Waals surface area (Å²) < 4.78 is 10.8. The number of amides is 2. The molecule has 37 heavy (non-hydrogen) atoms. The number of hydrogen-bond donors (Lipinski definition) is 2. The number of carbonyl (C=O) groups is 2. The van der Waals surface area contributed by atoms with Gasteiger partial charge < -0.3 is 19.9 Å². The number of benzene rings is 3. The first kappa shape index (κ1) is 25.9. The van der Waals surface area contributed by atoms with Crippen molar-refractivity contribution in [3.05, 3.63) is 95.6 Å². The summed E-state index contributed by atoms with van der Waals surface area (Å²) in [4.78, 5) is 30.6. The highest BCUT2D eigenvalue weighted by atomic mass is 16.6. The van der Waals surface area contributed by atoms with E-state index in [1.165, 1.54) is 0 Å². The molecule has 2 atom stereocenters. The Morgan fingerprint density at radius 2 is 1.59 bits per heavy atom. The highest BCUT2D eigenvalue weighted by Gasteiger charge is 2.29. The highest BCUT2D eigenvalue weighted by Crippen LogP contribution is 2.20. The van der Waals surface area contributed by atoms with Crippen LogP contribution in [0.2, 0.25) is 0 Å². The number of ether oxygens (including phenoxy) is 1. The van der Waals surface area contributed by atoms with E-state index in [2.05, 4.69) is 20.8 Å². The van der Waals surface area contributed by atoms with Gasteiger partial charge in [-0.15, -0.1) is 0 Å². The molecule has 4 aromatic rings. The summed E-state index contributed by atoms with van der Waals surface area (Å²) in [5.41, 5.74) is 1.20. The molecule has 2 amide bonds.